The monoisotopic (exact) mass is 261 g/mol. The molecule has 2 rings (SSSR count). The molecular formula is C14H12FNOS. The highest BCUT2D eigenvalue weighted by molar-refractivity contribution is 8.00. The first-order valence-corrected chi connectivity index (χ1v) is 6.32. The third-order valence-electron chi connectivity index (χ3n) is 2.44. The number of benzene rings is 2. The van der Waals surface area contributed by atoms with Crippen LogP contribution in [0.5, 0.6) is 0 Å². The van der Waals surface area contributed by atoms with Gasteiger partial charge in [0, 0.05) is 4.90 Å². The molecule has 0 radical (unpaired) electrons. The zero-order chi connectivity index (χ0) is 13.0. The Kier molecular flexibility index (Phi) is 3.99. The van der Waals surface area contributed by atoms with Crippen LogP contribution in [0.25, 0.3) is 0 Å². The zero-order valence-corrected chi connectivity index (χ0v) is 10.4. The molecule has 0 saturated heterocycles. The highest BCUT2D eigenvalue weighted by Gasteiger charge is 2.20. The summed E-state index contributed by atoms with van der Waals surface area (Å²) >= 11 is 1.13. The quantitative estimate of drug-likeness (QED) is 0.859. The van der Waals surface area contributed by atoms with E-state index in [0.29, 0.717) is 4.90 Å². The molecule has 1 unspecified atom stereocenters. The fraction of sp³-hybridized carbons (Fsp3) is 0.0714. The molecule has 0 heterocycles. The average molecular weight is 261 g/mol. The molecule has 0 spiro atoms. The fourth-order valence-corrected chi connectivity index (χ4v) is 2.59. The van der Waals surface area contributed by atoms with E-state index < -0.39 is 11.2 Å². The summed E-state index contributed by atoms with van der Waals surface area (Å²) in [4.78, 5) is 11.9. The van der Waals surface area contributed by atoms with Gasteiger partial charge >= 0.3 is 0 Å². The molecule has 1 amide bonds. The molecule has 0 saturated carbocycles. The van der Waals surface area contributed by atoms with Gasteiger partial charge < -0.3 is 5.73 Å². The van der Waals surface area contributed by atoms with Gasteiger partial charge in [-0.05, 0) is 17.7 Å². The lowest BCUT2D eigenvalue weighted by Gasteiger charge is -2.13. The van der Waals surface area contributed by atoms with Crippen molar-refractivity contribution in [1.82, 2.24) is 0 Å². The van der Waals surface area contributed by atoms with E-state index in [0.717, 1.165) is 17.3 Å². The van der Waals surface area contributed by atoms with Crippen LogP contribution in [0.1, 0.15) is 10.8 Å². The van der Waals surface area contributed by atoms with Crippen LogP contribution in [0.4, 0.5) is 4.39 Å². The lowest BCUT2D eigenvalue weighted by atomic mass is 10.1. The van der Waals surface area contributed by atoms with E-state index in [1.165, 1.54) is 6.07 Å². The van der Waals surface area contributed by atoms with Gasteiger partial charge in [-0.25, -0.2) is 4.39 Å². The molecule has 2 nitrogen and oxygen atoms in total. The van der Waals surface area contributed by atoms with E-state index in [4.69, 9.17) is 5.73 Å². The van der Waals surface area contributed by atoms with Crippen molar-refractivity contribution in [2.45, 2.75) is 10.1 Å². The molecule has 92 valence electrons. The van der Waals surface area contributed by atoms with E-state index >= 15 is 0 Å². The van der Waals surface area contributed by atoms with Gasteiger partial charge in [0.25, 0.3) is 0 Å². The number of thioether (sulfide) groups is 1. The van der Waals surface area contributed by atoms with Crippen LogP contribution in [0.2, 0.25) is 0 Å². The zero-order valence-electron chi connectivity index (χ0n) is 9.55. The Morgan fingerprint density at radius 3 is 2.28 bits per heavy atom. The van der Waals surface area contributed by atoms with Crippen molar-refractivity contribution in [3.05, 3.63) is 66.0 Å². The summed E-state index contributed by atoms with van der Waals surface area (Å²) in [5.74, 6) is -0.820. The Bertz CT molecular complexity index is 545. The Hall–Kier alpha value is -1.81. The van der Waals surface area contributed by atoms with Gasteiger partial charge in [-0.2, -0.15) is 0 Å². The van der Waals surface area contributed by atoms with Crippen LogP contribution in [-0.4, -0.2) is 5.91 Å². The summed E-state index contributed by atoms with van der Waals surface area (Å²) in [6.07, 6.45) is 0. The SMILES string of the molecule is NC(=O)C(Sc1ccccc1F)c1ccccc1. The van der Waals surface area contributed by atoms with Gasteiger partial charge in [0.15, 0.2) is 0 Å². The topological polar surface area (TPSA) is 43.1 Å². The molecule has 0 aliphatic heterocycles. The molecule has 0 bridgehead atoms. The largest absolute Gasteiger partial charge is 0.368 e. The van der Waals surface area contributed by atoms with Crippen molar-refractivity contribution in [3.8, 4) is 0 Å². The summed E-state index contributed by atoms with van der Waals surface area (Å²) in [5.41, 5.74) is 6.16. The molecule has 2 aromatic rings. The second kappa shape index (κ2) is 5.69. The van der Waals surface area contributed by atoms with Gasteiger partial charge in [-0.1, -0.05) is 42.5 Å². The number of halogens is 1. The van der Waals surface area contributed by atoms with Crippen molar-refractivity contribution in [2.75, 3.05) is 0 Å². The highest BCUT2D eigenvalue weighted by Crippen LogP contribution is 2.36. The van der Waals surface area contributed by atoms with Gasteiger partial charge in [0.05, 0.1) is 0 Å². The summed E-state index contributed by atoms with van der Waals surface area (Å²) in [6, 6.07) is 15.5. The first kappa shape index (κ1) is 12.6. The smallest absolute Gasteiger partial charge is 0.235 e. The lowest BCUT2D eigenvalue weighted by molar-refractivity contribution is -0.117. The summed E-state index contributed by atoms with van der Waals surface area (Å²) in [5, 5.41) is -0.580. The van der Waals surface area contributed by atoms with Crippen LogP contribution < -0.4 is 5.73 Å². The number of carbonyl (C=O) groups excluding carboxylic acids is 1. The third kappa shape index (κ3) is 2.90. The number of nitrogens with two attached hydrogens (primary N) is 1. The molecule has 0 aliphatic carbocycles. The van der Waals surface area contributed by atoms with Gasteiger partial charge in [0.2, 0.25) is 5.91 Å². The van der Waals surface area contributed by atoms with Gasteiger partial charge in [0.1, 0.15) is 11.1 Å². The van der Waals surface area contributed by atoms with Crippen molar-refractivity contribution >= 4 is 17.7 Å². The van der Waals surface area contributed by atoms with Gasteiger partial charge in [-0.3, -0.25) is 4.79 Å². The minimum absolute atomic E-state index is 0.343. The highest BCUT2D eigenvalue weighted by atomic mass is 32.2. The predicted molar refractivity (Wildman–Crippen MR) is 70.6 cm³/mol. The van der Waals surface area contributed by atoms with Gasteiger partial charge in [-0.15, -0.1) is 11.8 Å². The van der Waals surface area contributed by atoms with E-state index in [2.05, 4.69) is 0 Å². The van der Waals surface area contributed by atoms with E-state index in [1.807, 2.05) is 30.3 Å². The summed E-state index contributed by atoms with van der Waals surface area (Å²) in [7, 11) is 0. The molecule has 0 aromatic heterocycles. The van der Waals surface area contributed by atoms with Crippen LogP contribution in [0, 0.1) is 5.82 Å². The lowest BCUT2D eigenvalue weighted by Crippen LogP contribution is -2.18. The van der Waals surface area contributed by atoms with Crippen molar-refractivity contribution in [3.63, 3.8) is 0 Å². The van der Waals surface area contributed by atoms with Crippen LogP contribution in [0.3, 0.4) is 0 Å². The average Bonchev–Trinajstić information content (AvgIpc) is 2.38. The number of hydrogen-bond acceptors (Lipinski definition) is 2. The standard InChI is InChI=1S/C14H12FNOS/c15-11-8-4-5-9-12(11)18-13(14(16)17)10-6-2-1-3-7-10/h1-9,13H,(H2,16,17). The number of rotatable bonds is 4. The minimum Gasteiger partial charge on any atom is -0.368 e. The fourth-order valence-electron chi connectivity index (χ4n) is 1.59. The number of primary amides is 1. The predicted octanol–water partition coefficient (Wildman–Crippen LogP) is 3.14. The first-order valence-electron chi connectivity index (χ1n) is 5.44. The third-order valence-corrected chi connectivity index (χ3v) is 3.77. The Morgan fingerprint density at radius 2 is 1.67 bits per heavy atom. The Morgan fingerprint density at radius 1 is 1.06 bits per heavy atom. The number of hydrogen-bond donors (Lipinski definition) is 1. The van der Waals surface area contributed by atoms with Crippen LogP contribution in [0.15, 0.2) is 59.5 Å². The molecule has 0 fully saturated rings. The Labute approximate surface area is 109 Å². The Balaban J connectivity index is 2.28. The molecule has 1 atom stereocenters. The molecule has 0 aliphatic rings. The molecule has 4 heteroatoms. The van der Waals surface area contributed by atoms with E-state index in [9.17, 15) is 9.18 Å². The molecule has 2 N–H and O–H groups in total. The molecule has 2 aromatic carbocycles. The summed E-state index contributed by atoms with van der Waals surface area (Å²) < 4.78 is 13.6. The van der Waals surface area contributed by atoms with Crippen molar-refractivity contribution in [1.29, 1.82) is 0 Å². The normalized spacial score (nSPS) is 12.1. The summed E-state index contributed by atoms with van der Waals surface area (Å²) in [6.45, 7) is 0. The van der Waals surface area contributed by atoms with Crippen molar-refractivity contribution < 1.29 is 9.18 Å². The second-order valence-electron chi connectivity index (χ2n) is 3.74. The molecule has 18 heavy (non-hydrogen) atoms. The van der Waals surface area contributed by atoms with Crippen molar-refractivity contribution in [2.24, 2.45) is 5.73 Å². The second-order valence-corrected chi connectivity index (χ2v) is 4.89. The minimum atomic E-state index is -0.580. The maximum absolute atomic E-state index is 13.6. The maximum Gasteiger partial charge on any atom is 0.235 e. The number of carbonyl (C=O) groups is 1. The van der Waals surface area contributed by atoms with Crippen LogP contribution in [-0.2, 0) is 4.79 Å². The van der Waals surface area contributed by atoms with E-state index in [-0.39, 0.29) is 5.82 Å². The number of amides is 1. The first-order chi connectivity index (χ1) is 8.68. The van der Waals surface area contributed by atoms with Crippen LogP contribution >= 0.6 is 11.8 Å². The molecular weight excluding hydrogens is 249 g/mol. The maximum atomic E-state index is 13.6. The van der Waals surface area contributed by atoms with E-state index in [1.54, 1.807) is 18.2 Å².